The van der Waals surface area contributed by atoms with Gasteiger partial charge in [-0.25, -0.2) is 14.4 Å². The molecule has 0 aliphatic heterocycles. The van der Waals surface area contributed by atoms with Gasteiger partial charge in [-0.1, -0.05) is 38.0 Å². The van der Waals surface area contributed by atoms with Crippen LogP contribution in [0.3, 0.4) is 0 Å². The van der Waals surface area contributed by atoms with Gasteiger partial charge in [-0.05, 0) is 20.8 Å². The summed E-state index contributed by atoms with van der Waals surface area (Å²) >= 11 is 0. The highest BCUT2D eigenvalue weighted by molar-refractivity contribution is 5.82. The van der Waals surface area contributed by atoms with E-state index in [-0.39, 0.29) is 19.8 Å². The topological polar surface area (TPSA) is 99.1 Å². The second-order valence-electron chi connectivity index (χ2n) is 5.32. The van der Waals surface area contributed by atoms with Crippen molar-refractivity contribution in [1.29, 1.82) is 0 Å². The van der Waals surface area contributed by atoms with Crippen molar-refractivity contribution in [3.05, 3.63) is 75.9 Å². The number of esters is 3. The van der Waals surface area contributed by atoms with Gasteiger partial charge >= 0.3 is 17.9 Å². The molecular weight excluding hydrogens is 388 g/mol. The number of allylic oxidation sites excluding steroid dienone is 3. The van der Waals surface area contributed by atoms with E-state index < -0.39 is 29.9 Å². The van der Waals surface area contributed by atoms with E-state index in [9.17, 15) is 19.5 Å². The lowest BCUT2D eigenvalue weighted by Crippen LogP contribution is -2.42. The molecule has 0 aliphatic rings. The van der Waals surface area contributed by atoms with Crippen LogP contribution in [-0.2, 0) is 28.6 Å². The fraction of sp³-hybridized carbons (Fsp3) is 0.348. The number of carbonyl (C=O) groups is 3. The average Bonchev–Trinajstić information content (AvgIpc) is 2.74. The van der Waals surface area contributed by atoms with Gasteiger partial charge in [-0.15, -0.1) is 19.7 Å². The van der Waals surface area contributed by atoms with Crippen molar-refractivity contribution in [3.63, 3.8) is 0 Å². The summed E-state index contributed by atoms with van der Waals surface area (Å²) in [5.41, 5.74) is -1.28. The van der Waals surface area contributed by atoms with Crippen LogP contribution in [0.5, 0.6) is 0 Å². The molecule has 0 rings (SSSR count). The van der Waals surface area contributed by atoms with Crippen molar-refractivity contribution in [3.8, 4) is 0 Å². The Kier molecular flexibility index (Phi) is 29.5. The highest BCUT2D eigenvalue weighted by atomic mass is 16.6. The Balaban J connectivity index is -0.000000318. The number of aliphatic hydroxyl groups is 1. The zero-order valence-electron chi connectivity index (χ0n) is 18.4. The first-order chi connectivity index (χ1) is 14.2. The molecule has 0 aromatic carbocycles. The van der Waals surface area contributed by atoms with E-state index in [4.69, 9.17) is 14.2 Å². The van der Waals surface area contributed by atoms with E-state index in [1.807, 2.05) is 20.8 Å². The lowest BCUT2D eigenvalue weighted by molar-refractivity contribution is -0.159. The predicted molar refractivity (Wildman–Crippen MR) is 121 cm³/mol. The van der Waals surface area contributed by atoms with Crippen molar-refractivity contribution in [2.24, 2.45) is 5.41 Å². The summed E-state index contributed by atoms with van der Waals surface area (Å²) < 4.78 is 14.5. The van der Waals surface area contributed by atoms with Gasteiger partial charge in [0.1, 0.15) is 19.8 Å². The second-order valence-corrected chi connectivity index (χ2v) is 5.32. The molecule has 170 valence electrons. The first-order valence-electron chi connectivity index (χ1n) is 8.87. The summed E-state index contributed by atoms with van der Waals surface area (Å²) in [5, 5.41) is 9.48. The van der Waals surface area contributed by atoms with Crippen LogP contribution in [-0.4, -0.2) is 49.4 Å². The quantitative estimate of drug-likeness (QED) is 0.247. The molecule has 1 N–H and O–H groups in total. The van der Waals surface area contributed by atoms with Gasteiger partial charge in [-0.3, -0.25) is 0 Å². The van der Waals surface area contributed by atoms with Crippen molar-refractivity contribution < 1.29 is 33.7 Å². The predicted octanol–water partition coefficient (Wildman–Crippen LogP) is 3.73. The van der Waals surface area contributed by atoms with Crippen molar-refractivity contribution in [1.82, 2.24) is 0 Å². The Hall–Kier alpha value is -3.19. The van der Waals surface area contributed by atoms with Gasteiger partial charge in [0.2, 0.25) is 0 Å². The zero-order valence-corrected chi connectivity index (χ0v) is 18.4. The van der Waals surface area contributed by atoms with Crippen LogP contribution in [0.25, 0.3) is 0 Å². The highest BCUT2D eigenvalue weighted by Crippen LogP contribution is 2.19. The molecule has 0 aromatic rings. The fourth-order valence-electron chi connectivity index (χ4n) is 1.11. The average molecular weight is 425 g/mol. The summed E-state index contributed by atoms with van der Waals surface area (Å²) in [4.78, 5) is 33.3. The van der Waals surface area contributed by atoms with Crippen molar-refractivity contribution >= 4 is 17.9 Å². The highest BCUT2D eigenvalue weighted by Gasteiger charge is 2.35. The number of rotatable bonds is 10. The summed E-state index contributed by atoms with van der Waals surface area (Å²) in [6, 6.07) is 0. The monoisotopic (exact) mass is 424 g/mol. The molecule has 0 atom stereocenters. The van der Waals surface area contributed by atoms with E-state index in [1.54, 1.807) is 18.2 Å². The Bertz CT molecular complexity index is 474. The summed E-state index contributed by atoms with van der Waals surface area (Å²) in [6.45, 7) is 23.9. The zero-order chi connectivity index (χ0) is 24.4. The van der Waals surface area contributed by atoms with Gasteiger partial charge in [-0.2, -0.15) is 0 Å². The summed E-state index contributed by atoms with van der Waals surface area (Å²) in [7, 11) is 0. The maximum Gasteiger partial charge on any atom is 0.330 e. The number of ether oxygens (including phenoxy) is 3. The fourth-order valence-corrected chi connectivity index (χ4v) is 1.11. The summed E-state index contributed by atoms with van der Waals surface area (Å²) in [6.07, 6.45) is 8.06. The largest absolute Gasteiger partial charge is 0.462 e. The molecule has 0 saturated carbocycles. The number of hydrogen-bond acceptors (Lipinski definition) is 7. The SMILES string of the molecule is C=CC.C=CC.C=CC.C=CC(=O)OCC(CO)(COC(=O)C=C)COC(=O)C=C. The third kappa shape index (κ3) is 24.8. The van der Waals surface area contributed by atoms with E-state index in [2.05, 4.69) is 39.5 Å². The van der Waals surface area contributed by atoms with E-state index in [0.717, 1.165) is 18.2 Å². The van der Waals surface area contributed by atoms with Crippen LogP contribution < -0.4 is 0 Å². The maximum absolute atomic E-state index is 11.1. The Labute approximate surface area is 180 Å². The molecule has 30 heavy (non-hydrogen) atoms. The normalized spacial score (nSPS) is 8.40. The number of carbonyl (C=O) groups excluding carboxylic acids is 3. The molecule has 0 aliphatic carbocycles. The van der Waals surface area contributed by atoms with Crippen LogP contribution in [0.4, 0.5) is 0 Å². The third-order valence-electron chi connectivity index (χ3n) is 2.40. The number of aliphatic hydroxyl groups excluding tert-OH is 1. The maximum atomic E-state index is 11.1. The molecule has 0 unspecified atom stereocenters. The molecule has 0 bridgehead atoms. The van der Waals surface area contributed by atoms with Gasteiger partial charge in [0.05, 0.1) is 12.0 Å². The molecule has 7 heteroatoms. The summed E-state index contributed by atoms with van der Waals surface area (Å²) in [5.74, 6) is -2.17. The first kappa shape index (κ1) is 34.3. The molecule has 0 amide bonds. The van der Waals surface area contributed by atoms with E-state index >= 15 is 0 Å². The Morgan fingerprint density at radius 1 is 0.667 bits per heavy atom. The van der Waals surface area contributed by atoms with Crippen LogP contribution >= 0.6 is 0 Å². The smallest absolute Gasteiger partial charge is 0.330 e. The minimum Gasteiger partial charge on any atom is -0.462 e. The third-order valence-corrected chi connectivity index (χ3v) is 2.40. The second kappa shape index (κ2) is 25.8. The van der Waals surface area contributed by atoms with Gasteiger partial charge in [0.15, 0.2) is 0 Å². The minimum atomic E-state index is -1.28. The van der Waals surface area contributed by atoms with Gasteiger partial charge < -0.3 is 19.3 Å². The van der Waals surface area contributed by atoms with Crippen LogP contribution in [0.1, 0.15) is 20.8 Å². The molecule has 0 spiro atoms. The van der Waals surface area contributed by atoms with Crippen LogP contribution in [0.15, 0.2) is 75.9 Å². The van der Waals surface area contributed by atoms with Gasteiger partial charge in [0, 0.05) is 18.2 Å². The van der Waals surface area contributed by atoms with Crippen LogP contribution in [0, 0.1) is 5.41 Å². The van der Waals surface area contributed by atoms with Gasteiger partial charge in [0.25, 0.3) is 0 Å². The van der Waals surface area contributed by atoms with Crippen LogP contribution in [0.2, 0.25) is 0 Å². The first-order valence-corrected chi connectivity index (χ1v) is 8.87. The number of hydrogen-bond donors (Lipinski definition) is 1. The molecule has 7 nitrogen and oxygen atoms in total. The lowest BCUT2D eigenvalue weighted by Gasteiger charge is -2.29. The van der Waals surface area contributed by atoms with Crippen molar-refractivity contribution in [2.45, 2.75) is 20.8 Å². The Morgan fingerprint density at radius 2 is 0.867 bits per heavy atom. The molecule has 0 fully saturated rings. The lowest BCUT2D eigenvalue weighted by atomic mass is 9.92. The molecular formula is C23H36O7. The molecule has 0 radical (unpaired) electrons. The minimum absolute atomic E-state index is 0.330. The standard InChI is InChI=1S/C14H18O7.3C3H6/c1-4-11(16)19-8-14(7-15,9-20-12(17)5-2)10-21-13(18)6-3;3*1-3-2/h4-6,15H,1-3,7-10H2;3*3H,1H2,2H3. The Morgan fingerprint density at radius 3 is 1.00 bits per heavy atom. The molecule has 0 heterocycles. The van der Waals surface area contributed by atoms with E-state index in [1.165, 1.54) is 0 Å². The van der Waals surface area contributed by atoms with Crippen molar-refractivity contribution in [2.75, 3.05) is 26.4 Å². The molecule has 0 aromatic heterocycles. The molecule has 0 saturated heterocycles. The van der Waals surface area contributed by atoms with E-state index in [0.29, 0.717) is 0 Å².